The maximum Gasteiger partial charge on any atom is 0.320 e. The van der Waals surface area contributed by atoms with Crippen molar-refractivity contribution in [2.24, 2.45) is 0 Å². The van der Waals surface area contributed by atoms with Gasteiger partial charge in [0.2, 0.25) is 0 Å². The lowest BCUT2D eigenvalue weighted by Crippen LogP contribution is -2.36. The minimum atomic E-state index is -0.830. The van der Waals surface area contributed by atoms with Crippen LogP contribution in [0.4, 0.5) is 0 Å². The second-order valence-corrected chi connectivity index (χ2v) is 4.21. The molecule has 0 fully saturated rings. The molecule has 1 rings (SSSR count). The smallest absolute Gasteiger partial charge is 0.320 e. The average molecular weight is 267 g/mol. The van der Waals surface area contributed by atoms with E-state index >= 15 is 0 Å². The molecule has 1 atom stereocenters. The Balaban J connectivity index is 2.79. The summed E-state index contributed by atoms with van der Waals surface area (Å²) < 4.78 is 10.5. The zero-order chi connectivity index (χ0) is 14.3. The Morgan fingerprint density at radius 3 is 2.63 bits per heavy atom. The zero-order valence-electron chi connectivity index (χ0n) is 11.6. The molecule has 0 amide bonds. The van der Waals surface area contributed by atoms with Crippen LogP contribution >= 0.6 is 0 Å². The van der Waals surface area contributed by atoms with E-state index in [0.29, 0.717) is 24.5 Å². The highest BCUT2D eigenvalue weighted by Crippen LogP contribution is 2.30. The summed E-state index contributed by atoms with van der Waals surface area (Å²) in [5, 5.41) is 12.1. The molecule has 0 saturated heterocycles. The molecule has 5 nitrogen and oxygen atoms in total. The fraction of sp³-hybridized carbons (Fsp3) is 0.500. The molecule has 0 spiro atoms. The maximum absolute atomic E-state index is 11.1. The van der Waals surface area contributed by atoms with Gasteiger partial charge in [-0.3, -0.25) is 4.79 Å². The van der Waals surface area contributed by atoms with E-state index in [1.807, 2.05) is 25.1 Å². The third-order valence-corrected chi connectivity index (χ3v) is 2.90. The molecule has 106 valence electrons. The van der Waals surface area contributed by atoms with Gasteiger partial charge >= 0.3 is 5.97 Å². The van der Waals surface area contributed by atoms with E-state index in [-0.39, 0.29) is 0 Å². The van der Waals surface area contributed by atoms with Gasteiger partial charge in [0.15, 0.2) is 11.5 Å². The Bertz CT molecular complexity index is 420. The summed E-state index contributed by atoms with van der Waals surface area (Å²) in [5.74, 6) is 0.450. The molecule has 19 heavy (non-hydrogen) atoms. The molecule has 1 aromatic rings. The molecule has 0 bridgehead atoms. The van der Waals surface area contributed by atoms with Crippen LogP contribution in [0.15, 0.2) is 18.2 Å². The number of carboxylic acids is 1. The Kier molecular flexibility index (Phi) is 6.15. The Morgan fingerprint density at radius 2 is 2.11 bits per heavy atom. The number of carbonyl (C=O) groups is 1. The Morgan fingerprint density at radius 1 is 1.37 bits per heavy atom. The van der Waals surface area contributed by atoms with E-state index in [1.165, 1.54) is 0 Å². The van der Waals surface area contributed by atoms with Gasteiger partial charge < -0.3 is 19.9 Å². The van der Waals surface area contributed by atoms with Gasteiger partial charge in [0.05, 0.1) is 14.2 Å². The SMILES string of the molecule is CCCC(NCc1cccc(OC)c1OC)C(=O)O. The molecule has 0 aliphatic rings. The number of hydrogen-bond donors (Lipinski definition) is 2. The van der Waals surface area contributed by atoms with E-state index in [1.54, 1.807) is 14.2 Å². The summed E-state index contributed by atoms with van der Waals surface area (Å²) in [5.41, 5.74) is 0.879. The third-order valence-electron chi connectivity index (χ3n) is 2.90. The number of rotatable bonds is 8. The van der Waals surface area contributed by atoms with Crippen LogP contribution < -0.4 is 14.8 Å². The molecule has 0 aromatic heterocycles. The highest BCUT2D eigenvalue weighted by atomic mass is 16.5. The Hall–Kier alpha value is -1.75. The van der Waals surface area contributed by atoms with Crippen molar-refractivity contribution in [1.29, 1.82) is 0 Å². The fourth-order valence-electron chi connectivity index (χ4n) is 1.93. The van der Waals surface area contributed by atoms with Crippen molar-refractivity contribution in [3.63, 3.8) is 0 Å². The predicted octanol–water partition coefficient (Wildman–Crippen LogP) is 2.05. The third kappa shape index (κ3) is 4.13. The molecule has 0 saturated carbocycles. The monoisotopic (exact) mass is 267 g/mol. The summed E-state index contributed by atoms with van der Waals surface area (Å²) >= 11 is 0. The zero-order valence-corrected chi connectivity index (χ0v) is 11.6. The standard InChI is InChI=1S/C14H21NO4/c1-4-6-11(14(16)17)15-9-10-7-5-8-12(18-2)13(10)19-3/h5,7-8,11,15H,4,6,9H2,1-3H3,(H,16,17). The normalized spacial score (nSPS) is 11.9. The van der Waals surface area contributed by atoms with Crippen LogP contribution in [0, 0.1) is 0 Å². The van der Waals surface area contributed by atoms with E-state index in [2.05, 4.69) is 5.32 Å². The second kappa shape index (κ2) is 7.63. The number of methoxy groups -OCH3 is 2. The van der Waals surface area contributed by atoms with Crippen molar-refractivity contribution < 1.29 is 19.4 Å². The van der Waals surface area contributed by atoms with Gasteiger partial charge in [-0.15, -0.1) is 0 Å². The van der Waals surface area contributed by atoms with Gasteiger partial charge in [0, 0.05) is 12.1 Å². The lowest BCUT2D eigenvalue weighted by molar-refractivity contribution is -0.139. The average Bonchev–Trinajstić information content (AvgIpc) is 2.42. The van der Waals surface area contributed by atoms with E-state index < -0.39 is 12.0 Å². The van der Waals surface area contributed by atoms with Crippen LogP contribution in [0.1, 0.15) is 25.3 Å². The number of benzene rings is 1. The van der Waals surface area contributed by atoms with Crippen LogP contribution in [0.25, 0.3) is 0 Å². The second-order valence-electron chi connectivity index (χ2n) is 4.21. The van der Waals surface area contributed by atoms with Crippen molar-refractivity contribution in [3.05, 3.63) is 23.8 Å². The van der Waals surface area contributed by atoms with Crippen LogP contribution in [-0.4, -0.2) is 31.3 Å². The highest BCUT2D eigenvalue weighted by molar-refractivity contribution is 5.73. The van der Waals surface area contributed by atoms with E-state index in [4.69, 9.17) is 14.6 Å². The number of ether oxygens (including phenoxy) is 2. The topological polar surface area (TPSA) is 67.8 Å². The summed E-state index contributed by atoms with van der Waals surface area (Å²) in [4.78, 5) is 11.1. The Labute approximate surface area is 113 Å². The summed E-state index contributed by atoms with van der Waals surface area (Å²) in [6.45, 7) is 2.39. The van der Waals surface area contributed by atoms with E-state index in [9.17, 15) is 4.79 Å². The van der Waals surface area contributed by atoms with Gasteiger partial charge in [-0.05, 0) is 12.5 Å². The van der Waals surface area contributed by atoms with Crippen LogP contribution in [0.5, 0.6) is 11.5 Å². The summed E-state index contributed by atoms with van der Waals surface area (Å²) in [6, 6.07) is 5.01. The number of hydrogen-bond acceptors (Lipinski definition) is 4. The van der Waals surface area contributed by atoms with Crippen molar-refractivity contribution in [3.8, 4) is 11.5 Å². The quantitative estimate of drug-likeness (QED) is 0.754. The molecule has 1 aromatic carbocycles. The van der Waals surface area contributed by atoms with Crippen LogP contribution in [0.3, 0.4) is 0 Å². The predicted molar refractivity (Wildman–Crippen MR) is 72.7 cm³/mol. The van der Waals surface area contributed by atoms with Crippen LogP contribution in [0.2, 0.25) is 0 Å². The van der Waals surface area contributed by atoms with Gasteiger partial charge in [0.25, 0.3) is 0 Å². The van der Waals surface area contributed by atoms with E-state index in [0.717, 1.165) is 12.0 Å². The minimum Gasteiger partial charge on any atom is -0.493 e. The molecule has 0 heterocycles. The molecular weight excluding hydrogens is 246 g/mol. The van der Waals surface area contributed by atoms with Crippen molar-refractivity contribution in [2.75, 3.05) is 14.2 Å². The first-order valence-corrected chi connectivity index (χ1v) is 6.30. The van der Waals surface area contributed by atoms with Gasteiger partial charge in [-0.1, -0.05) is 25.5 Å². The number of aliphatic carboxylic acids is 1. The summed E-state index contributed by atoms with van der Waals surface area (Å²) in [7, 11) is 3.15. The molecular formula is C14H21NO4. The highest BCUT2D eigenvalue weighted by Gasteiger charge is 2.17. The first-order valence-electron chi connectivity index (χ1n) is 6.30. The number of nitrogens with one attached hydrogen (secondary N) is 1. The van der Waals surface area contributed by atoms with Gasteiger partial charge in [-0.25, -0.2) is 0 Å². The summed E-state index contributed by atoms with van der Waals surface area (Å²) in [6.07, 6.45) is 1.42. The van der Waals surface area contributed by atoms with Crippen molar-refractivity contribution in [1.82, 2.24) is 5.32 Å². The molecule has 5 heteroatoms. The fourth-order valence-corrected chi connectivity index (χ4v) is 1.93. The first kappa shape index (κ1) is 15.3. The van der Waals surface area contributed by atoms with Gasteiger partial charge in [0.1, 0.15) is 6.04 Å². The van der Waals surface area contributed by atoms with Gasteiger partial charge in [-0.2, -0.15) is 0 Å². The molecule has 0 radical (unpaired) electrons. The molecule has 0 aliphatic carbocycles. The number of carboxylic acid groups (broad SMARTS) is 1. The maximum atomic E-state index is 11.1. The molecule has 1 unspecified atom stereocenters. The van der Waals surface area contributed by atoms with Crippen LogP contribution in [-0.2, 0) is 11.3 Å². The number of para-hydroxylation sites is 1. The van der Waals surface area contributed by atoms with Crippen molar-refractivity contribution in [2.45, 2.75) is 32.4 Å². The van der Waals surface area contributed by atoms with Crippen molar-refractivity contribution >= 4 is 5.97 Å². The lowest BCUT2D eigenvalue weighted by atomic mass is 10.1. The largest absolute Gasteiger partial charge is 0.493 e. The molecule has 0 aliphatic heterocycles. The first-order chi connectivity index (χ1) is 9.13. The molecule has 2 N–H and O–H groups in total. The minimum absolute atomic E-state index is 0.428. The lowest BCUT2D eigenvalue weighted by Gasteiger charge is -2.16.